The summed E-state index contributed by atoms with van der Waals surface area (Å²) in [5.41, 5.74) is 0.968. The van der Waals surface area contributed by atoms with Crippen LogP contribution in [0, 0.1) is 0 Å². The van der Waals surface area contributed by atoms with E-state index in [0.717, 1.165) is 6.42 Å². The second-order valence-electron chi connectivity index (χ2n) is 3.61. The Labute approximate surface area is 107 Å². The Morgan fingerprint density at radius 3 is 2.89 bits per heavy atom. The van der Waals surface area contributed by atoms with Crippen molar-refractivity contribution >= 4 is 18.0 Å². The molecule has 98 valence electrons. The van der Waals surface area contributed by atoms with Gasteiger partial charge in [-0.05, 0) is 25.5 Å². The van der Waals surface area contributed by atoms with Crippen molar-refractivity contribution in [2.75, 3.05) is 25.1 Å². The van der Waals surface area contributed by atoms with Crippen LogP contribution in [0.5, 0.6) is 0 Å². The molecule has 5 heteroatoms. The quantitative estimate of drug-likeness (QED) is 0.541. The van der Waals surface area contributed by atoms with E-state index in [9.17, 15) is 9.59 Å². The van der Waals surface area contributed by atoms with Gasteiger partial charge >= 0.3 is 0 Å². The fourth-order valence-corrected chi connectivity index (χ4v) is 1.49. The molecule has 0 unspecified atom stereocenters. The molecule has 0 aromatic heterocycles. The first-order valence-corrected chi connectivity index (χ1v) is 5.94. The zero-order chi connectivity index (χ0) is 13.2. The Hall–Kier alpha value is -1.88. The van der Waals surface area contributed by atoms with Crippen molar-refractivity contribution in [2.24, 2.45) is 0 Å². The van der Waals surface area contributed by atoms with Crippen LogP contribution in [0.3, 0.4) is 0 Å². The summed E-state index contributed by atoms with van der Waals surface area (Å²) in [6, 6.07) is 6.87. The van der Waals surface area contributed by atoms with Gasteiger partial charge in [-0.1, -0.05) is 12.1 Å². The van der Waals surface area contributed by atoms with Gasteiger partial charge in [0.05, 0.1) is 11.3 Å². The van der Waals surface area contributed by atoms with Gasteiger partial charge in [-0.25, -0.2) is 0 Å². The van der Waals surface area contributed by atoms with Crippen molar-refractivity contribution in [1.29, 1.82) is 0 Å². The van der Waals surface area contributed by atoms with Crippen molar-refractivity contribution in [3.05, 3.63) is 29.8 Å². The Morgan fingerprint density at radius 1 is 1.39 bits per heavy atom. The smallest absolute Gasteiger partial charge is 0.253 e. The summed E-state index contributed by atoms with van der Waals surface area (Å²) in [7, 11) is 0. The zero-order valence-corrected chi connectivity index (χ0v) is 10.4. The van der Waals surface area contributed by atoms with Crippen molar-refractivity contribution in [3.8, 4) is 0 Å². The number of carbonyl (C=O) groups excluding carboxylic acids is 2. The number of hydrogen-bond acceptors (Lipinski definition) is 3. The van der Waals surface area contributed by atoms with Gasteiger partial charge in [-0.15, -0.1) is 0 Å². The van der Waals surface area contributed by atoms with Gasteiger partial charge in [0.25, 0.3) is 5.91 Å². The molecule has 2 amide bonds. The topological polar surface area (TPSA) is 67.4 Å². The summed E-state index contributed by atoms with van der Waals surface area (Å²) in [6.07, 6.45) is 1.32. The van der Waals surface area contributed by atoms with Crippen LogP contribution in [-0.2, 0) is 9.53 Å². The predicted octanol–water partition coefficient (Wildman–Crippen LogP) is 1.41. The van der Waals surface area contributed by atoms with Gasteiger partial charge in [0.1, 0.15) is 0 Å². The molecule has 0 saturated carbocycles. The predicted molar refractivity (Wildman–Crippen MR) is 69.6 cm³/mol. The van der Waals surface area contributed by atoms with Gasteiger partial charge in [-0.2, -0.15) is 0 Å². The number of benzene rings is 1. The molecule has 2 N–H and O–H groups in total. The molecule has 0 fully saturated rings. The molecular weight excluding hydrogens is 232 g/mol. The number of para-hydroxylation sites is 1. The Bertz CT molecular complexity index is 394. The summed E-state index contributed by atoms with van der Waals surface area (Å²) < 4.78 is 5.17. The molecule has 0 atom stereocenters. The lowest BCUT2D eigenvalue weighted by Gasteiger charge is -2.09. The lowest BCUT2D eigenvalue weighted by Crippen LogP contribution is -2.26. The molecule has 1 aromatic carbocycles. The second kappa shape index (κ2) is 8.25. The molecular formula is C13H18N2O3. The highest BCUT2D eigenvalue weighted by Crippen LogP contribution is 2.13. The van der Waals surface area contributed by atoms with Crippen LogP contribution in [0.25, 0.3) is 0 Å². The number of rotatable bonds is 8. The first-order valence-electron chi connectivity index (χ1n) is 5.94. The van der Waals surface area contributed by atoms with Crippen LogP contribution < -0.4 is 10.6 Å². The normalized spacial score (nSPS) is 9.83. The fraction of sp³-hybridized carbons (Fsp3) is 0.385. The molecule has 1 aromatic rings. The summed E-state index contributed by atoms with van der Waals surface area (Å²) in [5, 5.41) is 5.28. The van der Waals surface area contributed by atoms with Gasteiger partial charge in [0.15, 0.2) is 0 Å². The highest BCUT2D eigenvalue weighted by molar-refractivity contribution is 6.01. The first-order chi connectivity index (χ1) is 8.79. The molecule has 5 nitrogen and oxygen atoms in total. The largest absolute Gasteiger partial charge is 0.382 e. The zero-order valence-electron chi connectivity index (χ0n) is 10.4. The molecule has 0 heterocycles. The standard InChI is InChI=1S/C13H18N2O3/c1-2-18-9-5-8-14-13(17)11-6-3-4-7-12(11)15-10-16/h3-4,6-7,10H,2,5,8-9H2,1H3,(H,14,17)(H,15,16). The number of carbonyl (C=O) groups is 2. The molecule has 0 saturated heterocycles. The third kappa shape index (κ3) is 4.55. The number of hydrogen-bond donors (Lipinski definition) is 2. The molecule has 0 aliphatic rings. The van der Waals surface area contributed by atoms with Gasteiger partial charge in [0, 0.05) is 19.8 Å². The van der Waals surface area contributed by atoms with Crippen LogP contribution in [0.2, 0.25) is 0 Å². The summed E-state index contributed by atoms with van der Waals surface area (Å²) in [6.45, 7) is 3.79. The van der Waals surface area contributed by atoms with Crippen LogP contribution in [0.15, 0.2) is 24.3 Å². The number of ether oxygens (including phenoxy) is 1. The fourth-order valence-electron chi connectivity index (χ4n) is 1.49. The minimum atomic E-state index is -0.198. The molecule has 1 rings (SSSR count). The Balaban J connectivity index is 2.48. The minimum absolute atomic E-state index is 0.198. The van der Waals surface area contributed by atoms with E-state index in [2.05, 4.69) is 10.6 Å². The van der Waals surface area contributed by atoms with E-state index in [4.69, 9.17) is 4.74 Å². The van der Waals surface area contributed by atoms with Crippen molar-refractivity contribution in [3.63, 3.8) is 0 Å². The SMILES string of the molecule is CCOCCCNC(=O)c1ccccc1NC=O. The maximum Gasteiger partial charge on any atom is 0.253 e. The summed E-state index contributed by atoms with van der Waals surface area (Å²) >= 11 is 0. The van der Waals surface area contributed by atoms with E-state index in [1.165, 1.54) is 0 Å². The van der Waals surface area contributed by atoms with Gasteiger partial charge < -0.3 is 15.4 Å². The average Bonchev–Trinajstić information content (AvgIpc) is 2.39. The van der Waals surface area contributed by atoms with E-state index >= 15 is 0 Å². The minimum Gasteiger partial charge on any atom is -0.382 e. The summed E-state index contributed by atoms with van der Waals surface area (Å²) in [5.74, 6) is -0.198. The van der Waals surface area contributed by atoms with Crippen molar-refractivity contribution in [1.82, 2.24) is 5.32 Å². The highest BCUT2D eigenvalue weighted by Gasteiger charge is 2.09. The maximum absolute atomic E-state index is 11.9. The highest BCUT2D eigenvalue weighted by atomic mass is 16.5. The lowest BCUT2D eigenvalue weighted by molar-refractivity contribution is -0.105. The van der Waals surface area contributed by atoms with E-state index in [1.54, 1.807) is 24.3 Å². The van der Waals surface area contributed by atoms with Crippen molar-refractivity contribution < 1.29 is 14.3 Å². The second-order valence-corrected chi connectivity index (χ2v) is 3.61. The maximum atomic E-state index is 11.9. The van der Waals surface area contributed by atoms with E-state index < -0.39 is 0 Å². The molecule has 0 bridgehead atoms. The third-order valence-electron chi connectivity index (χ3n) is 2.34. The van der Waals surface area contributed by atoms with Gasteiger partial charge in [0.2, 0.25) is 6.41 Å². The monoisotopic (exact) mass is 250 g/mol. The summed E-state index contributed by atoms with van der Waals surface area (Å²) in [4.78, 5) is 22.3. The number of anilines is 1. The van der Waals surface area contributed by atoms with E-state index in [1.807, 2.05) is 6.92 Å². The van der Waals surface area contributed by atoms with E-state index in [0.29, 0.717) is 37.4 Å². The van der Waals surface area contributed by atoms with E-state index in [-0.39, 0.29) is 5.91 Å². The number of nitrogens with one attached hydrogen (secondary N) is 2. The van der Waals surface area contributed by atoms with Gasteiger partial charge in [-0.3, -0.25) is 9.59 Å². The van der Waals surface area contributed by atoms with Crippen LogP contribution >= 0.6 is 0 Å². The number of amides is 2. The van der Waals surface area contributed by atoms with Crippen LogP contribution in [0.1, 0.15) is 23.7 Å². The molecule has 0 aliphatic heterocycles. The molecule has 18 heavy (non-hydrogen) atoms. The lowest BCUT2D eigenvalue weighted by atomic mass is 10.1. The van der Waals surface area contributed by atoms with Crippen LogP contribution in [0.4, 0.5) is 5.69 Å². The molecule has 0 spiro atoms. The van der Waals surface area contributed by atoms with Crippen molar-refractivity contribution in [2.45, 2.75) is 13.3 Å². The van der Waals surface area contributed by atoms with Crippen LogP contribution in [-0.4, -0.2) is 32.1 Å². The Morgan fingerprint density at radius 2 is 2.17 bits per heavy atom. The third-order valence-corrected chi connectivity index (χ3v) is 2.34. The Kier molecular flexibility index (Phi) is 6.50. The molecule has 0 aliphatic carbocycles. The first kappa shape index (κ1) is 14.2. The molecule has 0 radical (unpaired) electrons. The average molecular weight is 250 g/mol.